The van der Waals surface area contributed by atoms with E-state index < -0.39 is 42.2 Å². The zero-order chi connectivity index (χ0) is 36.9. The van der Waals surface area contributed by atoms with Crippen LogP contribution in [-0.2, 0) is 4.74 Å². The van der Waals surface area contributed by atoms with E-state index in [2.05, 4.69) is 20.8 Å². The van der Waals surface area contributed by atoms with Gasteiger partial charge in [0.25, 0.3) is 0 Å². The highest BCUT2D eigenvalue weighted by Gasteiger charge is 2.49. The van der Waals surface area contributed by atoms with Crippen LogP contribution in [0.1, 0.15) is 64.9 Å². The van der Waals surface area contributed by atoms with Crippen molar-refractivity contribution in [1.82, 2.24) is 24.9 Å². The van der Waals surface area contributed by atoms with Gasteiger partial charge in [0, 0.05) is 43.2 Å². The molecule has 3 fully saturated rings. The van der Waals surface area contributed by atoms with Crippen molar-refractivity contribution < 1.29 is 37.5 Å². The van der Waals surface area contributed by atoms with Crippen LogP contribution in [0.5, 0.6) is 6.01 Å². The lowest BCUT2D eigenvalue weighted by Gasteiger charge is -2.36. The van der Waals surface area contributed by atoms with E-state index in [4.69, 9.17) is 20.9 Å². The number of hydrogen-bond acceptors (Lipinski definition) is 10. The molecule has 0 spiro atoms. The maximum atomic E-state index is 17.2. The second kappa shape index (κ2) is 13.7. The molecular formula is C37H40BF3N6O5. The molecule has 7 rings (SSSR count). The van der Waals surface area contributed by atoms with Gasteiger partial charge < -0.3 is 19.5 Å². The highest BCUT2D eigenvalue weighted by Crippen LogP contribution is 2.41. The van der Waals surface area contributed by atoms with E-state index in [-0.39, 0.29) is 57.0 Å². The number of pyridine rings is 1. The van der Waals surface area contributed by atoms with E-state index >= 15 is 8.78 Å². The zero-order valence-corrected chi connectivity index (χ0v) is 29.3. The molecule has 0 saturated carbocycles. The molecule has 0 radical (unpaired) electrons. The van der Waals surface area contributed by atoms with Gasteiger partial charge in [0.1, 0.15) is 35.4 Å². The van der Waals surface area contributed by atoms with Gasteiger partial charge in [-0.05, 0) is 76.3 Å². The molecule has 0 unspecified atom stereocenters. The van der Waals surface area contributed by atoms with E-state index in [0.717, 1.165) is 31.9 Å². The summed E-state index contributed by atoms with van der Waals surface area (Å²) >= 11 is 0. The molecule has 2 aromatic heterocycles. The Morgan fingerprint density at radius 1 is 1.12 bits per heavy atom. The standard InChI is InChI=1S/C37H40BF3N6O5/c1-5-25-28(40)11-10-22-16-23(38(49)50)17-26(29(22)25)31-30(41)32-27(19-42-31)33(46-14-7-6-8-15-47(46)35(48)52-36(2,3)4)44-34(43-32)51-21-37-12-9-13-45(37)20-24(39)18-37/h1,10-11,16-17,19,24,49-50H,6-9,12-15,18,20-21H2,2-4H3/t24-,37+/m1/s1. The molecule has 4 aromatic rings. The van der Waals surface area contributed by atoms with Crippen molar-refractivity contribution in [3.8, 4) is 29.6 Å². The molecule has 0 bridgehead atoms. The van der Waals surface area contributed by atoms with Crippen LogP contribution in [0, 0.1) is 24.0 Å². The molecule has 1 amide bonds. The first-order chi connectivity index (χ1) is 24.8. The fraction of sp³-hybridized carbons (Fsp3) is 0.459. The van der Waals surface area contributed by atoms with Gasteiger partial charge >= 0.3 is 19.2 Å². The van der Waals surface area contributed by atoms with Gasteiger partial charge in [0.15, 0.2) is 11.6 Å². The Labute approximate surface area is 299 Å². The molecule has 272 valence electrons. The smallest absolute Gasteiger partial charge is 0.461 e. The van der Waals surface area contributed by atoms with Gasteiger partial charge in [-0.15, -0.1) is 6.42 Å². The molecule has 0 aliphatic carbocycles. The van der Waals surface area contributed by atoms with E-state index in [1.54, 1.807) is 25.8 Å². The number of amides is 1. The van der Waals surface area contributed by atoms with Crippen molar-refractivity contribution in [3.63, 3.8) is 0 Å². The van der Waals surface area contributed by atoms with Crippen molar-refractivity contribution in [2.24, 2.45) is 0 Å². The summed E-state index contributed by atoms with van der Waals surface area (Å²) in [6.45, 7) is 7.06. The lowest BCUT2D eigenvalue weighted by molar-refractivity contribution is 0.0232. The first-order valence-electron chi connectivity index (χ1n) is 17.5. The lowest BCUT2D eigenvalue weighted by atomic mass is 9.77. The maximum absolute atomic E-state index is 17.2. The minimum Gasteiger partial charge on any atom is -0.461 e. The van der Waals surface area contributed by atoms with Crippen molar-refractivity contribution >= 4 is 46.2 Å². The minimum absolute atomic E-state index is 0.00597. The molecular weight excluding hydrogens is 676 g/mol. The summed E-state index contributed by atoms with van der Waals surface area (Å²) in [5.74, 6) is 0.830. The largest absolute Gasteiger partial charge is 0.488 e. The number of nitrogens with zero attached hydrogens (tertiary/aromatic N) is 6. The fourth-order valence-electron chi connectivity index (χ4n) is 7.73. The van der Waals surface area contributed by atoms with E-state index in [1.165, 1.54) is 29.4 Å². The highest BCUT2D eigenvalue weighted by atomic mass is 19.1. The number of halogens is 3. The Bertz CT molecular complexity index is 2090. The zero-order valence-electron chi connectivity index (χ0n) is 29.3. The van der Waals surface area contributed by atoms with Crippen LogP contribution in [0.2, 0.25) is 0 Å². The SMILES string of the molecule is C#Cc1c(F)ccc2cc(B(O)O)cc(-c3ncc4c(N5CCCCCN5C(=O)OC(C)(C)C)nc(OC[C@@]56CCCN5C[C@H](F)C6)nc4c3F)c12. The van der Waals surface area contributed by atoms with Crippen molar-refractivity contribution in [2.45, 2.75) is 76.6 Å². The number of fused-ring (bicyclic) bond motifs is 3. The Hall–Kier alpha value is -4.65. The van der Waals surface area contributed by atoms with Crippen molar-refractivity contribution in [2.75, 3.05) is 37.8 Å². The quantitative estimate of drug-likeness (QED) is 0.211. The first kappa shape index (κ1) is 35.7. The van der Waals surface area contributed by atoms with Gasteiger partial charge in [0.05, 0.1) is 16.5 Å². The summed E-state index contributed by atoms with van der Waals surface area (Å²) in [6.07, 6.45) is 9.57. The number of hydrogen-bond donors (Lipinski definition) is 2. The predicted molar refractivity (Wildman–Crippen MR) is 191 cm³/mol. The number of terminal acetylenes is 1. The molecule has 2 N–H and O–H groups in total. The van der Waals surface area contributed by atoms with Crippen LogP contribution in [0.3, 0.4) is 0 Å². The highest BCUT2D eigenvalue weighted by molar-refractivity contribution is 6.59. The Morgan fingerprint density at radius 3 is 2.65 bits per heavy atom. The number of rotatable bonds is 6. The molecule has 11 nitrogen and oxygen atoms in total. The van der Waals surface area contributed by atoms with Crippen molar-refractivity contribution in [3.05, 3.63) is 47.7 Å². The van der Waals surface area contributed by atoms with Crippen LogP contribution < -0.4 is 15.2 Å². The monoisotopic (exact) mass is 716 g/mol. The number of aromatic nitrogens is 3. The predicted octanol–water partition coefficient (Wildman–Crippen LogP) is 4.88. The third kappa shape index (κ3) is 6.59. The van der Waals surface area contributed by atoms with Crippen LogP contribution in [0.4, 0.5) is 23.8 Å². The van der Waals surface area contributed by atoms with Crippen LogP contribution in [0.25, 0.3) is 32.9 Å². The van der Waals surface area contributed by atoms with Gasteiger partial charge in [0.2, 0.25) is 0 Å². The Kier molecular flexibility index (Phi) is 9.43. The third-order valence-electron chi connectivity index (χ3n) is 10.0. The minimum atomic E-state index is -1.93. The van der Waals surface area contributed by atoms with Gasteiger partial charge in [-0.25, -0.2) is 23.0 Å². The van der Waals surface area contributed by atoms with Crippen LogP contribution in [-0.4, -0.2) is 98.2 Å². The second-order valence-electron chi connectivity index (χ2n) is 14.8. The molecule has 5 heterocycles. The molecule has 15 heteroatoms. The molecule has 2 atom stereocenters. The van der Waals surface area contributed by atoms with Crippen LogP contribution >= 0.6 is 0 Å². The summed E-state index contributed by atoms with van der Waals surface area (Å²) < 4.78 is 58.8. The fourth-order valence-corrected chi connectivity index (χ4v) is 7.73. The van der Waals surface area contributed by atoms with Crippen LogP contribution in [0.15, 0.2) is 30.5 Å². The number of carbonyl (C=O) groups is 1. The topological polar surface area (TPSA) is 124 Å². The second-order valence-corrected chi connectivity index (χ2v) is 14.8. The normalized spacial score (nSPS) is 20.9. The first-order valence-corrected chi connectivity index (χ1v) is 17.5. The third-order valence-corrected chi connectivity index (χ3v) is 10.0. The molecule has 3 saturated heterocycles. The summed E-state index contributed by atoms with van der Waals surface area (Å²) in [7, 11) is -1.93. The number of alkyl halides is 1. The molecule has 52 heavy (non-hydrogen) atoms. The summed E-state index contributed by atoms with van der Waals surface area (Å²) in [4.78, 5) is 29.4. The summed E-state index contributed by atoms with van der Waals surface area (Å²) in [5, 5.41) is 23.9. The number of carbonyl (C=O) groups excluding carboxylic acids is 1. The number of hydrazine groups is 1. The average Bonchev–Trinajstić information content (AvgIpc) is 3.50. The average molecular weight is 717 g/mol. The molecule has 3 aliphatic rings. The summed E-state index contributed by atoms with van der Waals surface area (Å²) in [5.41, 5.74) is -1.97. The molecule has 2 aromatic carbocycles. The van der Waals surface area contributed by atoms with Crippen molar-refractivity contribution in [1.29, 1.82) is 0 Å². The number of ether oxygens (including phenoxy) is 2. The van der Waals surface area contributed by atoms with Gasteiger partial charge in [-0.1, -0.05) is 24.1 Å². The number of anilines is 1. The van der Waals surface area contributed by atoms with E-state index in [1.807, 2.05) is 0 Å². The Morgan fingerprint density at radius 2 is 1.90 bits per heavy atom. The Balaban J connectivity index is 1.42. The summed E-state index contributed by atoms with van der Waals surface area (Å²) in [6, 6.07) is 5.10. The van der Waals surface area contributed by atoms with Gasteiger partial charge in [-0.3, -0.25) is 14.9 Å². The van der Waals surface area contributed by atoms with Gasteiger partial charge in [-0.2, -0.15) is 9.97 Å². The lowest BCUT2D eigenvalue weighted by Crippen LogP contribution is -2.49. The number of benzene rings is 2. The molecule has 3 aliphatic heterocycles. The van der Waals surface area contributed by atoms with E-state index in [0.29, 0.717) is 44.3 Å². The van der Waals surface area contributed by atoms with E-state index in [9.17, 15) is 19.2 Å². The maximum Gasteiger partial charge on any atom is 0.488 e.